The predicted octanol–water partition coefficient (Wildman–Crippen LogP) is 5.03. The number of hydrogen-bond donors (Lipinski definition) is 1. The van der Waals surface area contributed by atoms with Gasteiger partial charge >= 0.3 is 18.1 Å². The quantitative estimate of drug-likeness (QED) is 0.203. The maximum atomic E-state index is 14.3. The van der Waals surface area contributed by atoms with Crippen molar-refractivity contribution in [3.05, 3.63) is 89.5 Å². The number of aromatic hydroxyl groups is 1. The van der Waals surface area contributed by atoms with E-state index in [0.717, 1.165) is 26.2 Å². The van der Waals surface area contributed by atoms with Crippen molar-refractivity contribution in [3.63, 3.8) is 0 Å². The first-order valence-electron chi connectivity index (χ1n) is 18.4. The van der Waals surface area contributed by atoms with E-state index in [-0.39, 0.29) is 49.0 Å². The number of nitrogens with zero attached hydrogens (tertiary/aromatic N) is 7. The molecule has 6 rings (SSSR count). The van der Waals surface area contributed by atoms with Gasteiger partial charge in [-0.3, -0.25) is 9.69 Å². The van der Waals surface area contributed by atoms with Gasteiger partial charge < -0.3 is 34.2 Å². The number of aromatic nitrogens is 1. The van der Waals surface area contributed by atoms with E-state index in [1.165, 1.54) is 17.7 Å². The van der Waals surface area contributed by atoms with Crippen LogP contribution in [-0.4, -0.2) is 145 Å². The molecule has 290 valence electrons. The minimum absolute atomic E-state index is 0.00856. The number of fused-ring (bicyclic) bond motifs is 1. The smallest absolute Gasteiger partial charge is 0.410 e. The number of methoxy groups -OCH3 is 1. The zero-order valence-corrected chi connectivity index (χ0v) is 32.3. The summed E-state index contributed by atoms with van der Waals surface area (Å²) in [6.07, 6.45) is -0.459. The fourth-order valence-corrected chi connectivity index (χ4v) is 6.68. The van der Waals surface area contributed by atoms with E-state index >= 15 is 0 Å². The fourth-order valence-electron chi connectivity index (χ4n) is 6.68. The number of carbonyl (C=O) groups excluding carboxylic acids is 4. The number of benzene rings is 3. The van der Waals surface area contributed by atoms with Gasteiger partial charge in [-0.05, 0) is 64.2 Å². The molecule has 3 amide bonds. The monoisotopic (exact) mass is 751 g/mol. The van der Waals surface area contributed by atoms with Gasteiger partial charge in [-0.25, -0.2) is 23.9 Å². The van der Waals surface area contributed by atoms with Gasteiger partial charge in [0.1, 0.15) is 5.60 Å². The van der Waals surface area contributed by atoms with Crippen molar-refractivity contribution in [1.82, 2.24) is 24.2 Å². The molecule has 2 aliphatic heterocycles. The van der Waals surface area contributed by atoms with Crippen molar-refractivity contribution in [2.45, 2.75) is 26.4 Å². The number of esters is 1. The Bertz CT molecular complexity index is 2070. The first-order chi connectivity index (χ1) is 26.2. The fraction of sp³-hybridized carbons (Fsp3) is 0.390. The molecule has 0 atom stereocenters. The maximum Gasteiger partial charge on any atom is 0.410 e. The zero-order chi connectivity index (χ0) is 39.4. The highest BCUT2D eigenvalue weighted by Gasteiger charge is 2.32. The van der Waals surface area contributed by atoms with Gasteiger partial charge in [-0.1, -0.05) is 36.4 Å². The number of ether oxygens (including phenoxy) is 2. The van der Waals surface area contributed by atoms with Crippen LogP contribution in [0.5, 0.6) is 5.88 Å². The van der Waals surface area contributed by atoms with Gasteiger partial charge in [0.15, 0.2) is 0 Å². The minimum atomic E-state index is -0.659. The van der Waals surface area contributed by atoms with Crippen LogP contribution in [0, 0.1) is 0 Å². The molecular weight excluding hydrogens is 702 g/mol. The van der Waals surface area contributed by atoms with Crippen LogP contribution < -0.4 is 4.90 Å². The molecule has 0 spiro atoms. The van der Waals surface area contributed by atoms with Crippen molar-refractivity contribution in [2.75, 3.05) is 85.0 Å². The third kappa shape index (κ3) is 8.82. The largest absolute Gasteiger partial charge is 0.494 e. The number of amides is 3. The Morgan fingerprint density at radius 1 is 0.818 bits per heavy atom. The van der Waals surface area contributed by atoms with Crippen LogP contribution in [0.25, 0.3) is 10.9 Å². The van der Waals surface area contributed by atoms with Gasteiger partial charge in [-0.2, -0.15) is 0 Å². The average Bonchev–Trinajstić information content (AvgIpc) is 3.47. The molecule has 0 aliphatic carbocycles. The Morgan fingerprint density at radius 3 is 2.07 bits per heavy atom. The molecule has 0 bridgehead atoms. The van der Waals surface area contributed by atoms with Crippen molar-refractivity contribution in [2.24, 2.45) is 4.99 Å². The Balaban J connectivity index is 1.35. The molecule has 0 radical (unpaired) electrons. The second kappa shape index (κ2) is 16.3. The molecule has 14 heteroatoms. The highest BCUT2D eigenvalue weighted by molar-refractivity contribution is 6.23. The lowest BCUT2D eigenvalue weighted by Crippen LogP contribution is -2.52. The molecule has 0 saturated carbocycles. The maximum absolute atomic E-state index is 14.3. The van der Waals surface area contributed by atoms with E-state index in [2.05, 4.69) is 16.8 Å². The molecule has 0 unspecified atom stereocenters. The lowest BCUT2D eigenvalue weighted by Gasteiger charge is -2.35. The molecule has 4 aromatic rings. The summed E-state index contributed by atoms with van der Waals surface area (Å²) in [5, 5.41) is 12.6. The van der Waals surface area contributed by atoms with Crippen LogP contribution in [0.2, 0.25) is 0 Å². The van der Waals surface area contributed by atoms with Crippen LogP contribution in [0.3, 0.4) is 0 Å². The van der Waals surface area contributed by atoms with Crippen LogP contribution in [0.4, 0.5) is 21.0 Å². The molecule has 3 heterocycles. The van der Waals surface area contributed by atoms with E-state index in [4.69, 9.17) is 14.5 Å². The molecule has 3 aromatic carbocycles. The highest BCUT2D eigenvalue weighted by Crippen LogP contribution is 2.36. The SMILES string of the molecule is COC(=O)c1ccc2c(C(=Nc3ccc(N(C)C(=O)CN4CCN(C)CC4)cc3)c3ccccc3)c(O)n(C(=O)N3CCN(C(=O)OC(C)(C)C)CC3)c2c1. The Hall–Kier alpha value is -5.73. The first-order valence-corrected chi connectivity index (χ1v) is 18.4. The summed E-state index contributed by atoms with van der Waals surface area (Å²) in [6, 6.07) is 20.8. The summed E-state index contributed by atoms with van der Waals surface area (Å²) in [4.78, 5) is 67.1. The summed E-state index contributed by atoms with van der Waals surface area (Å²) < 4.78 is 11.7. The van der Waals surface area contributed by atoms with Gasteiger partial charge in [0.2, 0.25) is 11.8 Å². The third-order valence-corrected chi connectivity index (χ3v) is 9.85. The van der Waals surface area contributed by atoms with E-state index in [1.807, 2.05) is 42.5 Å². The Kier molecular flexibility index (Phi) is 11.6. The molecule has 14 nitrogen and oxygen atoms in total. The summed E-state index contributed by atoms with van der Waals surface area (Å²) in [7, 11) is 5.11. The van der Waals surface area contributed by atoms with Crippen LogP contribution in [-0.2, 0) is 14.3 Å². The standard InChI is InChI=1S/C41H49N7O7/c1-41(2,3)55-40(53)47-24-22-46(23-25-47)39(52)48-33-26-29(38(51)54-6)12-17-32(33)35(37(48)50)36(28-10-8-7-9-11-28)42-30-13-15-31(16-14-30)44(5)34(49)27-45-20-18-43(4)19-21-45/h7-17,26,50H,18-25,27H2,1-6H3. The van der Waals surface area contributed by atoms with Crippen LogP contribution in [0.1, 0.15) is 42.3 Å². The summed E-state index contributed by atoms with van der Waals surface area (Å²) in [5.74, 6) is -0.964. The minimum Gasteiger partial charge on any atom is -0.494 e. The average molecular weight is 752 g/mol. The van der Waals surface area contributed by atoms with Gasteiger partial charge in [-0.15, -0.1) is 0 Å². The summed E-state index contributed by atoms with van der Waals surface area (Å²) >= 11 is 0. The van der Waals surface area contributed by atoms with Crippen molar-refractivity contribution < 1.29 is 33.8 Å². The molecule has 2 saturated heterocycles. The van der Waals surface area contributed by atoms with Crippen molar-refractivity contribution >= 4 is 52.0 Å². The van der Waals surface area contributed by atoms with Gasteiger partial charge in [0.25, 0.3) is 0 Å². The lowest BCUT2D eigenvalue weighted by molar-refractivity contribution is -0.119. The van der Waals surface area contributed by atoms with E-state index in [0.29, 0.717) is 40.1 Å². The van der Waals surface area contributed by atoms with E-state index in [9.17, 15) is 24.3 Å². The van der Waals surface area contributed by atoms with Crippen molar-refractivity contribution in [3.8, 4) is 5.88 Å². The normalized spacial score (nSPS) is 15.9. The molecule has 1 aromatic heterocycles. The Labute approximate surface area is 321 Å². The summed E-state index contributed by atoms with van der Waals surface area (Å²) in [5.41, 5.74) is 2.45. The topological polar surface area (TPSA) is 140 Å². The number of likely N-dealkylation sites (N-methyl/N-ethyl adjacent to an activating group) is 2. The molecule has 1 N–H and O–H groups in total. The van der Waals surface area contributed by atoms with E-state index in [1.54, 1.807) is 66.8 Å². The number of carbonyl (C=O) groups is 4. The van der Waals surface area contributed by atoms with Crippen molar-refractivity contribution in [1.29, 1.82) is 0 Å². The third-order valence-electron chi connectivity index (χ3n) is 9.85. The number of aliphatic imine (C=N–C) groups is 1. The van der Waals surface area contributed by atoms with Gasteiger partial charge in [0, 0.05) is 76.0 Å². The number of rotatable bonds is 7. The Morgan fingerprint density at radius 2 is 1.45 bits per heavy atom. The molecule has 55 heavy (non-hydrogen) atoms. The second-order valence-electron chi connectivity index (χ2n) is 14.9. The number of piperazine rings is 2. The first kappa shape index (κ1) is 39.0. The van der Waals surface area contributed by atoms with Crippen LogP contribution >= 0.6 is 0 Å². The van der Waals surface area contributed by atoms with Crippen LogP contribution in [0.15, 0.2) is 77.8 Å². The summed E-state index contributed by atoms with van der Waals surface area (Å²) in [6.45, 7) is 10.1. The number of anilines is 1. The van der Waals surface area contributed by atoms with E-state index < -0.39 is 23.7 Å². The molecular formula is C41H49N7O7. The highest BCUT2D eigenvalue weighted by atomic mass is 16.6. The zero-order valence-electron chi connectivity index (χ0n) is 32.3. The predicted molar refractivity (Wildman–Crippen MR) is 211 cm³/mol. The molecule has 2 aliphatic rings. The molecule has 2 fully saturated rings. The lowest BCUT2D eigenvalue weighted by atomic mass is 10.00. The van der Waals surface area contributed by atoms with Gasteiger partial charge in [0.05, 0.1) is 41.7 Å². The number of hydrogen-bond acceptors (Lipinski definition) is 10. The second-order valence-corrected chi connectivity index (χ2v) is 14.9.